The topological polar surface area (TPSA) is 26.3 Å². The van der Waals surface area contributed by atoms with Crippen molar-refractivity contribution in [2.75, 3.05) is 6.61 Å². The van der Waals surface area contributed by atoms with Gasteiger partial charge >= 0.3 is 5.97 Å². The van der Waals surface area contributed by atoms with Crippen molar-refractivity contribution in [1.82, 2.24) is 0 Å². The lowest BCUT2D eigenvalue weighted by Gasteiger charge is -2.12. The summed E-state index contributed by atoms with van der Waals surface area (Å²) in [6.07, 6.45) is 1.66. The fraction of sp³-hybridized carbons (Fsp3) is 0.900. The maximum Gasteiger partial charge on any atom is 0.306 e. The second kappa shape index (κ2) is 6.04. The van der Waals surface area contributed by atoms with Gasteiger partial charge in [-0.05, 0) is 25.2 Å². The monoisotopic (exact) mass is 172 g/mol. The van der Waals surface area contributed by atoms with Crippen LogP contribution in [0.15, 0.2) is 0 Å². The Labute approximate surface area is 75.3 Å². The first-order valence-electron chi connectivity index (χ1n) is 4.71. The molecule has 0 rings (SSSR count). The largest absolute Gasteiger partial charge is 0.466 e. The average molecular weight is 172 g/mol. The first kappa shape index (κ1) is 11.5. The van der Waals surface area contributed by atoms with Crippen molar-refractivity contribution >= 4 is 5.97 Å². The molecule has 0 aromatic rings. The van der Waals surface area contributed by atoms with E-state index in [0.717, 1.165) is 6.42 Å². The van der Waals surface area contributed by atoms with Gasteiger partial charge in [0.25, 0.3) is 0 Å². The van der Waals surface area contributed by atoms with Gasteiger partial charge in [0, 0.05) is 6.42 Å². The smallest absolute Gasteiger partial charge is 0.306 e. The van der Waals surface area contributed by atoms with Crippen molar-refractivity contribution < 1.29 is 9.53 Å². The minimum Gasteiger partial charge on any atom is -0.466 e. The van der Waals surface area contributed by atoms with Crippen LogP contribution in [-0.2, 0) is 9.53 Å². The zero-order valence-corrected chi connectivity index (χ0v) is 8.59. The number of carbonyl (C=O) groups excluding carboxylic acids is 1. The minimum atomic E-state index is -0.0642. The Morgan fingerprint density at radius 2 is 1.92 bits per heavy atom. The van der Waals surface area contributed by atoms with E-state index < -0.39 is 0 Å². The number of rotatable bonds is 5. The Hall–Kier alpha value is -0.530. The van der Waals surface area contributed by atoms with Crippen LogP contribution in [0, 0.1) is 11.8 Å². The molecule has 0 aliphatic carbocycles. The lowest BCUT2D eigenvalue weighted by Crippen LogP contribution is -2.10. The zero-order chi connectivity index (χ0) is 9.56. The number of hydrogen-bond donors (Lipinski definition) is 0. The number of esters is 1. The Kier molecular flexibility index (Phi) is 5.77. The number of carbonyl (C=O) groups is 1. The van der Waals surface area contributed by atoms with Crippen molar-refractivity contribution in [2.24, 2.45) is 11.8 Å². The first-order chi connectivity index (χ1) is 5.56. The molecule has 0 saturated heterocycles. The van der Waals surface area contributed by atoms with Crippen LogP contribution in [0.5, 0.6) is 0 Å². The molecule has 0 spiro atoms. The van der Waals surface area contributed by atoms with Gasteiger partial charge in [0.15, 0.2) is 0 Å². The summed E-state index contributed by atoms with van der Waals surface area (Å²) >= 11 is 0. The number of ether oxygens (including phenoxy) is 1. The van der Waals surface area contributed by atoms with Crippen LogP contribution < -0.4 is 0 Å². The van der Waals surface area contributed by atoms with E-state index in [1.807, 2.05) is 6.92 Å². The van der Waals surface area contributed by atoms with Crippen LogP contribution in [-0.4, -0.2) is 12.6 Å². The highest BCUT2D eigenvalue weighted by Crippen LogP contribution is 2.14. The minimum absolute atomic E-state index is 0.0642. The van der Waals surface area contributed by atoms with Gasteiger partial charge in [-0.15, -0.1) is 0 Å². The summed E-state index contributed by atoms with van der Waals surface area (Å²) in [4.78, 5) is 11.0. The maximum atomic E-state index is 11.0. The van der Waals surface area contributed by atoms with Crippen molar-refractivity contribution in [3.8, 4) is 0 Å². The Balaban J connectivity index is 3.54. The Bertz CT molecular complexity index is 130. The summed E-state index contributed by atoms with van der Waals surface area (Å²) in [5.41, 5.74) is 0. The van der Waals surface area contributed by atoms with E-state index >= 15 is 0 Å². The van der Waals surface area contributed by atoms with Crippen LogP contribution in [0.25, 0.3) is 0 Å². The van der Waals surface area contributed by atoms with Gasteiger partial charge < -0.3 is 4.74 Å². The van der Waals surface area contributed by atoms with Crippen molar-refractivity contribution in [1.29, 1.82) is 0 Å². The summed E-state index contributed by atoms with van der Waals surface area (Å²) in [7, 11) is 0. The van der Waals surface area contributed by atoms with Crippen LogP contribution in [0.3, 0.4) is 0 Å². The lowest BCUT2D eigenvalue weighted by atomic mass is 9.96. The van der Waals surface area contributed by atoms with Crippen molar-refractivity contribution in [3.63, 3.8) is 0 Å². The van der Waals surface area contributed by atoms with E-state index in [0.29, 0.717) is 24.9 Å². The summed E-state index contributed by atoms with van der Waals surface area (Å²) in [5, 5.41) is 0. The standard InChI is InChI=1S/C10H20O2/c1-5-12-10(11)7-9(4)6-8(2)3/h8-9H,5-7H2,1-4H3/t9-/m1/s1. The summed E-state index contributed by atoms with van der Waals surface area (Å²) < 4.78 is 4.86. The van der Waals surface area contributed by atoms with E-state index in [1.54, 1.807) is 0 Å². The molecule has 0 radical (unpaired) electrons. The fourth-order valence-corrected chi connectivity index (χ4v) is 1.39. The molecular weight excluding hydrogens is 152 g/mol. The SMILES string of the molecule is CCOC(=O)C[C@H](C)CC(C)C. The molecule has 1 atom stereocenters. The molecule has 0 amide bonds. The average Bonchev–Trinajstić information content (AvgIpc) is 1.84. The third kappa shape index (κ3) is 6.20. The molecule has 0 N–H and O–H groups in total. The summed E-state index contributed by atoms with van der Waals surface area (Å²) in [6.45, 7) is 8.76. The summed E-state index contributed by atoms with van der Waals surface area (Å²) in [6, 6.07) is 0. The van der Waals surface area contributed by atoms with E-state index in [9.17, 15) is 4.79 Å². The molecule has 2 nitrogen and oxygen atoms in total. The van der Waals surface area contributed by atoms with Crippen LogP contribution in [0.2, 0.25) is 0 Å². The zero-order valence-electron chi connectivity index (χ0n) is 8.59. The molecule has 0 bridgehead atoms. The van der Waals surface area contributed by atoms with E-state index in [1.165, 1.54) is 0 Å². The Morgan fingerprint density at radius 1 is 1.33 bits per heavy atom. The second-order valence-electron chi connectivity index (χ2n) is 3.74. The molecule has 0 aromatic carbocycles. The molecule has 0 fully saturated rings. The van der Waals surface area contributed by atoms with Crippen LogP contribution >= 0.6 is 0 Å². The third-order valence-corrected chi connectivity index (χ3v) is 1.69. The molecular formula is C10H20O2. The van der Waals surface area contributed by atoms with Gasteiger partial charge in [-0.1, -0.05) is 20.8 Å². The van der Waals surface area contributed by atoms with Gasteiger partial charge in [-0.3, -0.25) is 4.79 Å². The van der Waals surface area contributed by atoms with Gasteiger partial charge in [0.1, 0.15) is 0 Å². The molecule has 12 heavy (non-hydrogen) atoms. The molecule has 0 saturated carbocycles. The predicted octanol–water partition coefficient (Wildman–Crippen LogP) is 2.62. The molecule has 0 heterocycles. The number of hydrogen-bond acceptors (Lipinski definition) is 2. The van der Waals surface area contributed by atoms with E-state index in [2.05, 4.69) is 20.8 Å². The molecule has 0 aliphatic rings. The molecule has 0 unspecified atom stereocenters. The molecule has 0 aliphatic heterocycles. The van der Waals surface area contributed by atoms with E-state index in [4.69, 9.17) is 4.74 Å². The van der Waals surface area contributed by atoms with Crippen LogP contribution in [0.4, 0.5) is 0 Å². The Morgan fingerprint density at radius 3 is 2.33 bits per heavy atom. The maximum absolute atomic E-state index is 11.0. The molecule has 72 valence electrons. The van der Waals surface area contributed by atoms with Gasteiger partial charge in [0.05, 0.1) is 6.61 Å². The van der Waals surface area contributed by atoms with E-state index in [-0.39, 0.29) is 5.97 Å². The molecule has 2 heteroatoms. The fourth-order valence-electron chi connectivity index (χ4n) is 1.39. The van der Waals surface area contributed by atoms with Gasteiger partial charge in [-0.2, -0.15) is 0 Å². The highest BCUT2D eigenvalue weighted by atomic mass is 16.5. The quantitative estimate of drug-likeness (QED) is 0.596. The van der Waals surface area contributed by atoms with Gasteiger partial charge in [-0.25, -0.2) is 0 Å². The van der Waals surface area contributed by atoms with Crippen molar-refractivity contribution in [3.05, 3.63) is 0 Å². The lowest BCUT2D eigenvalue weighted by molar-refractivity contribution is -0.144. The second-order valence-corrected chi connectivity index (χ2v) is 3.74. The highest BCUT2D eigenvalue weighted by molar-refractivity contribution is 5.69. The van der Waals surface area contributed by atoms with Crippen molar-refractivity contribution in [2.45, 2.75) is 40.5 Å². The van der Waals surface area contributed by atoms with Gasteiger partial charge in [0.2, 0.25) is 0 Å². The predicted molar refractivity (Wildman–Crippen MR) is 49.9 cm³/mol. The molecule has 0 aromatic heterocycles. The van der Waals surface area contributed by atoms with Crippen LogP contribution in [0.1, 0.15) is 40.5 Å². The highest BCUT2D eigenvalue weighted by Gasteiger charge is 2.10. The normalized spacial score (nSPS) is 13.1. The first-order valence-corrected chi connectivity index (χ1v) is 4.71. The third-order valence-electron chi connectivity index (χ3n) is 1.69. The summed E-state index contributed by atoms with van der Waals surface area (Å²) in [5.74, 6) is 1.05.